The van der Waals surface area contributed by atoms with Gasteiger partial charge in [-0.2, -0.15) is 0 Å². The molecule has 13 heavy (non-hydrogen) atoms. The van der Waals surface area contributed by atoms with Crippen molar-refractivity contribution in [3.05, 3.63) is 35.9 Å². The largest absolute Gasteiger partial charge is 0.0934 e. The number of hydrogen-bond acceptors (Lipinski definition) is 1. The molecule has 1 rings (SSSR count). The minimum absolute atomic E-state index is 0.107. The van der Waals surface area contributed by atoms with Gasteiger partial charge in [0.1, 0.15) is 0 Å². The van der Waals surface area contributed by atoms with Crippen LogP contribution in [-0.4, -0.2) is 9.69 Å². The summed E-state index contributed by atoms with van der Waals surface area (Å²) in [6.07, 6.45) is 1.93. The van der Waals surface area contributed by atoms with Gasteiger partial charge in [-0.05, 0) is 30.7 Å². The van der Waals surface area contributed by atoms with Crippen molar-refractivity contribution in [1.82, 2.24) is 0 Å². The van der Waals surface area contributed by atoms with Gasteiger partial charge in [-0.3, -0.25) is 0 Å². The number of halogens is 1. The fourth-order valence-electron chi connectivity index (χ4n) is 1.27. The Morgan fingerprint density at radius 1 is 1.38 bits per heavy atom. The topological polar surface area (TPSA) is 0 Å². The molecular weight excluding hydrogens is 244 g/mol. The van der Waals surface area contributed by atoms with Gasteiger partial charge in [0.2, 0.25) is 0 Å². The summed E-state index contributed by atoms with van der Waals surface area (Å²) in [5, 5.41) is 1.79. The number of thiocarbonyl (C=S) groups is 1. The molecule has 0 aromatic heterocycles. The van der Waals surface area contributed by atoms with E-state index in [9.17, 15) is 0 Å². The van der Waals surface area contributed by atoms with Gasteiger partial charge in [0.15, 0.2) is 0 Å². The summed E-state index contributed by atoms with van der Waals surface area (Å²) < 4.78 is 0.107. The predicted molar refractivity (Wildman–Crippen MR) is 65.8 cm³/mol. The smallest absolute Gasteiger partial charge is 0.0312 e. The minimum Gasteiger partial charge on any atom is -0.0934 e. The minimum atomic E-state index is 0.107. The highest BCUT2D eigenvalue weighted by Crippen LogP contribution is 2.25. The van der Waals surface area contributed by atoms with Crippen LogP contribution in [0.3, 0.4) is 0 Å². The van der Waals surface area contributed by atoms with Crippen LogP contribution in [0.5, 0.6) is 0 Å². The Morgan fingerprint density at radius 3 is 2.54 bits per heavy atom. The van der Waals surface area contributed by atoms with E-state index in [1.54, 1.807) is 5.37 Å². The van der Waals surface area contributed by atoms with Crippen LogP contribution in [0, 0.1) is 0 Å². The van der Waals surface area contributed by atoms with Crippen molar-refractivity contribution in [2.45, 2.75) is 24.1 Å². The zero-order valence-electron chi connectivity index (χ0n) is 7.66. The van der Waals surface area contributed by atoms with E-state index < -0.39 is 0 Å². The fourth-order valence-corrected chi connectivity index (χ4v) is 2.34. The summed E-state index contributed by atoms with van der Waals surface area (Å²) in [5.74, 6) is 0. The Kier molecular flexibility index (Phi) is 4.07. The van der Waals surface area contributed by atoms with Gasteiger partial charge in [0.05, 0.1) is 0 Å². The van der Waals surface area contributed by atoms with Gasteiger partial charge >= 0.3 is 0 Å². The van der Waals surface area contributed by atoms with E-state index in [2.05, 4.69) is 47.1 Å². The Bertz CT molecular complexity index is 267. The van der Waals surface area contributed by atoms with Gasteiger partial charge in [-0.25, -0.2) is 0 Å². The molecule has 0 fully saturated rings. The summed E-state index contributed by atoms with van der Waals surface area (Å²) in [5.41, 5.74) is 1.35. The van der Waals surface area contributed by atoms with E-state index in [0.29, 0.717) is 0 Å². The SMILES string of the molecule is CC(Br)(CC=S)Cc1ccccc1. The van der Waals surface area contributed by atoms with Crippen LogP contribution in [0.15, 0.2) is 30.3 Å². The molecule has 0 aliphatic rings. The molecule has 0 saturated heterocycles. The maximum Gasteiger partial charge on any atom is 0.0312 e. The molecule has 0 aliphatic carbocycles. The molecule has 1 unspecified atom stereocenters. The van der Waals surface area contributed by atoms with Crippen LogP contribution in [0.1, 0.15) is 18.9 Å². The van der Waals surface area contributed by atoms with E-state index in [1.165, 1.54) is 5.56 Å². The lowest BCUT2D eigenvalue weighted by atomic mass is 9.99. The Morgan fingerprint density at radius 2 is 2.00 bits per heavy atom. The first kappa shape index (κ1) is 10.9. The first-order valence-electron chi connectivity index (χ1n) is 4.30. The van der Waals surface area contributed by atoms with Crippen LogP contribution < -0.4 is 0 Å². The maximum absolute atomic E-state index is 4.86. The van der Waals surface area contributed by atoms with Crippen LogP contribution in [0.25, 0.3) is 0 Å². The van der Waals surface area contributed by atoms with Crippen molar-refractivity contribution in [2.24, 2.45) is 0 Å². The lowest BCUT2D eigenvalue weighted by Gasteiger charge is -2.19. The molecule has 1 atom stereocenters. The van der Waals surface area contributed by atoms with Crippen molar-refractivity contribution in [3.63, 3.8) is 0 Å². The van der Waals surface area contributed by atoms with Crippen molar-refractivity contribution in [1.29, 1.82) is 0 Å². The number of benzene rings is 1. The molecule has 2 heteroatoms. The molecule has 0 heterocycles. The molecule has 70 valence electrons. The van der Waals surface area contributed by atoms with E-state index in [1.807, 2.05) is 6.07 Å². The zero-order valence-corrected chi connectivity index (χ0v) is 10.1. The summed E-state index contributed by atoms with van der Waals surface area (Å²) in [6, 6.07) is 10.5. The predicted octanol–water partition coefficient (Wildman–Crippen LogP) is 3.77. The Balaban J connectivity index is 2.63. The lowest BCUT2D eigenvalue weighted by Crippen LogP contribution is -2.19. The molecule has 0 bridgehead atoms. The highest BCUT2D eigenvalue weighted by atomic mass is 79.9. The summed E-state index contributed by atoms with van der Waals surface area (Å²) in [6.45, 7) is 2.17. The second-order valence-electron chi connectivity index (χ2n) is 3.45. The third-order valence-electron chi connectivity index (χ3n) is 1.92. The van der Waals surface area contributed by atoms with E-state index in [0.717, 1.165) is 12.8 Å². The average Bonchev–Trinajstić information content (AvgIpc) is 2.04. The van der Waals surface area contributed by atoms with E-state index in [-0.39, 0.29) is 4.32 Å². The van der Waals surface area contributed by atoms with Crippen LogP contribution in [-0.2, 0) is 6.42 Å². The second kappa shape index (κ2) is 4.87. The Hall–Kier alpha value is -0.210. The van der Waals surface area contributed by atoms with Gasteiger partial charge in [0, 0.05) is 4.32 Å². The van der Waals surface area contributed by atoms with Crippen LogP contribution in [0.2, 0.25) is 0 Å². The molecule has 0 N–H and O–H groups in total. The third kappa shape index (κ3) is 4.01. The summed E-state index contributed by atoms with van der Waals surface area (Å²) >= 11 is 8.54. The van der Waals surface area contributed by atoms with Crippen molar-refractivity contribution >= 4 is 33.5 Å². The van der Waals surface area contributed by atoms with Crippen molar-refractivity contribution in [3.8, 4) is 0 Å². The molecular formula is C11H13BrS. The first-order chi connectivity index (χ1) is 6.14. The third-order valence-corrected chi connectivity index (χ3v) is 2.70. The van der Waals surface area contributed by atoms with E-state index >= 15 is 0 Å². The average molecular weight is 257 g/mol. The quantitative estimate of drug-likeness (QED) is 0.584. The molecule has 0 saturated carbocycles. The van der Waals surface area contributed by atoms with E-state index in [4.69, 9.17) is 12.2 Å². The normalized spacial score (nSPS) is 14.9. The van der Waals surface area contributed by atoms with Crippen molar-refractivity contribution < 1.29 is 0 Å². The molecule has 1 aromatic carbocycles. The van der Waals surface area contributed by atoms with Gasteiger partial charge in [-0.1, -0.05) is 58.5 Å². The standard InChI is InChI=1S/C11H13BrS/c1-11(12,7-8-13)9-10-5-3-2-4-6-10/h2-6,8H,7,9H2,1H3. The highest BCUT2D eigenvalue weighted by molar-refractivity contribution is 9.10. The van der Waals surface area contributed by atoms with Crippen LogP contribution in [0.4, 0.5) is 0 Å². The van der Waals surface area contributed by atoms with Crippen molar-refractivity contribution in [2.75, 3.05) is 0 Å². The maximum atomic E-state index is 4.86. The van der Waals surface area contributed by atoms with Gasteiger partial charge in [0.25, 0.3) is 0 Å². The lowest BCUT2D eigenvalue weighted by molar-refractivity contribution is 0.689. The molecule has 0 spiro atoms. The second-order valence-corrected chi connectivity index (χ2v) is 5.69. The number of rotatable bonds is 4. The summed E-state index contributed by atoms with van der Waals surface area (Å²) in [4.78, 5) is 0. The molecule has 0 amide bonds. The number of hydrogen-bond donors (Lipinski definition) is 0. The van der Waals surface area contributed by atoms with Gasteiger partial charge < -0.3 is 0 Å². The molecule has 0 aliphatic heterocycles. The van der Waals surface area contributed by atoms with Crippen LogP contribution >= 0.6 is 28.1 Å². The number of alkyl halides is 1. The molecule has 1 aromatic rings. The van der Waals surface area contributed by atoms with Gasteiger partial charge in [-0.15, -0.1) is 0 Å². The zero-order chi connectivity index (χ0) is 9.73. The molecule has 0 nitrogen and oxygen atoms in total. The molecule has 0 radical (unpaired) electrons. The summed E-state index contributed by atoms with van der Waals surface area (Å²) in [7, 11) is 0. The fraction of sp³-hybridized carbons (Fsp3) is 0.364. The monoisotopic (exact) mass is 256 g/mol. The highest BCUT2D eigenvalue weighted by Gasteiger charge is 2.18. The Labute approximate surface area is 93.5 Å². The first-order valence-corrected chi connectivity index (χ1v) is 5.57.